The Morgan fingerprint density at radius 1 is 1.00 bits per heavy atom. The summed E-state index contributed by atoms with van der Waals surface area (Å²) in [5, 5.41) is 9.57. The van der Waals surface area contributed by atoms with Gasteiger partial charge in [-0.3, -0.25) is 0 Å². The zero-order valence-corrected chi connectivity index (χ0v) is 11.1. The largest absolute Gasteiger partial charge is 0.389 e. The lowest BCUT2D eigenvalue weighted by Gasteiger charge is -2.21. The molecule has 0 aliphatic rings. The van der Waals surface area contributed by atoms with E-state index in [-0.39, 0.29) is 6.10 Å². The number of methoxy groups -OCH3 is 1. The van der Waals surface area contributed by atoms with Crippen LogP contribution in [-0.2, 0) is 9.47 Å². The summed E-state index contributed by atoms with van der Waals surface area (Å²) in [4.78, 5) is 3.98. The van der Waals surface area contributed by atoms with Crippen molar-refractivity contribution < 1.29 is 14.6 Å². The van der Waals surface area contributed by atoms with Crippen LogP contribution in [0.1, 0.15) is 0 Å². The highest BCUT2D eigenvalue weighted by Gasteiger charge is 2.11. The predicted octanol–water partition coefficient (Wildman–Crippen LogP) is -0.498. The summed E-state index contributed by atoms with van der Waals surface area (Å²) in [6.45, 7) is 2.30. The number of likely N-dealkylation sites (N-methyl/N-ethyl adjacent to an activating group) is 2. The van der Waals surface area contributed by atoms with Gasteiger partial charge in [-0.1, -0.05) is 0 Å². The molecular formula is C11H26N2O3. The highest BCUT2D eigenvalue weighted by atomic mass is 16.5. The van der Waals surface area contributed by atoms with Crippen LogP contribution in [0.25, 0.3) is 0 Å². The topological polar surface area (TPSA) is 45.2 Å². The van der Waals surface area contributed by atoms with Crippen LogP contribution in [-0.4, -0.2) is 88.7 Å². The maximum atomic E-state index is 9.57. The minimum absolute atomic E-state index is 0.0570. The van der Waals surface area contributed by atoms with Crippen molar-refractivity contribution in [1.82, 2.24) is 9.80 Å². The molecule has 0 aliphatic heterocycles. The molecule has 5 heteroatoms. The molecule has 0 amide bonds. The van der Waals surface area contributed by atoms with Crippen LogP contribution in [0.15, 0.2) is 0 Å². The number of hydrogen-bond acceptors (Lipinski definition) is 5. The first-order valence-electron chi connectivity index (χ1n) is 5.53. The summed E-state index contributed by atoms with van der Waals surface area (Å²) in [5.74, 6) is 0. The van der Waals surface area contributed by atoms with E-state index in [1.807, 2.05) is 38.0 Å². The van der Waals surface area contributed by atoms with Crippen molar-refractivity contribution in [3.8, 4) is 0 Å². The molecule has 0 saturated heterocycles. The van der Waals surface area contributed by atoms with Crippen molar-refractivity contribution in [3.63, 3.8) is 0 Å². The standard InChI is InChI=1S/C11H26N2O3/c1-12(2)6-10(14)8-16-9-11(15-5)7-13(3)4/h10-11,14H,6-9H2,1-5H3. The summed E-state index contributed by atoms with van der Waals surface area (Å²) < 4.78 is 10.7. The lowest BCUT2D eigenvalue weighted by Crippen LogP contribution is -2.34. The quantitative estimate of drug-likeness (QED) is 0.583. The molecule has 0 bridgehead atoms. The lowest BCUT2D eigenvalue weighted by atomic mass is 10.3. The first kappa shape index (κ1) is 15.8. The van der Waals surface area contributed by atoms with E-state index < -0.39 is 6.10 Å². The average molecular weight is 234 g/mol. The van der Waals surface area contributed by atoms with Crippen LogP contribution in [0.4, 0.5) is 0 Å². The summed E-state index contributed by atoms with van der Waals surface area (Å²) in [7, 11) is 9.51. The molecule has 0 fully saturated rings. The van der Waals surface area contributed by atoms with E-state index >= 15 is 0 Å². The van der Waals surface area contributed by atoms with Crippen molar-refractivity contribution in [2.45, 2.75) is 12.2 Å². The molecule has 0 aliphatic carbocycles. The summed E-state index contributed by atoms with van der Waals surface area (Å²) >= 11 is 0. The minimum Gasteiger partial charge on any atom is -0.389 e. The van der Waals surface area contributed by atoms with Crippen LogP contribution in [0.2, 0.25) is 0 Å². The molecule has 1 N–H and O–H groups in total. The molecule has 0 spiro atoms. The maximum absolute atomic E-state index is 9.57. The fraction of sp³-hybridized carbons (Fsp3) is 1.00. The third kappa shape index (κ3) is 9.06. The van der Waals surface area contributed by atoms with E-state index in [4.69, 9.17) is 9.47 Å². The number of rotatable bonds is 9. The second-order valence-corrected chi connectivity index (χ2v) is 4.57. The van der Waals surface area contributed by atoms with Crippen LogP contribution in [0.5, 0.6) is 0 Å². The average Bonchev–Trinajstić information content (AvgIpc) is 2.14. The molecule has 0 heterocycles. The Kier molecular flexibility index (Phi) is 8.78. The Bertz CT molecular complexity index is 165. The van der Waals surface area contributed by atoms with Crippen LogP contribution in [0, 0.1) is 0 Å². The molecule has 98 valence electrons. The highest BCUT2D eigenvalue weighted by Crippen LogP contribution is 1.95. The normalized spacial score (nSPS) is 15.8. The number of aliphatic hydroxyl groups is 1. The van der Waals surface area contributed by atoms with Gasteiger partial charge in [-0.25, -0.2) is 0 Å². The van der Waals surface area contributed by atoms with Crippen molar-refractivity contribution in [2.75, 3.05) is 61.6 Å². The van der Waals surface area contributed by atoms with Gasteiger partial charge in [0.2, 0.25) is 0 Å². The molecule has 0 aromatic carbocycles. The van der Waals surface area contributed by atoms with E-state index in [0.717, 1.165) is 6.54 Å². The van der Waals surface area contributed by atoms with Crippen LogP contribution < -0.4 is 0 Å². The molecule has 2 atom stereocenters. The zero-order chi connectivity index (χ0) is 12.6. The molecule has 0 radical (unpaired) electrons. The van der Waals surface area contributed by atoms with Gasteiger partial charge in [0.1, 0.15) is 0 Å². The SMILES string of the molecule is COC(COCC(O)CN(C)C)CN(C)C. The highest BCUT2D eigenvalue weighted by molar-refractivity contribution is 4.62. The third-order valence-corrected chi connectivity index (χ3v) is 2.09. The summed E-state index contributed by atoms with van der Waals surface area (Å²) in [6.07, 6.45) is -0.381. The molecule has 0 rings (SSSR count). The Balaban J connectivity index is 3.61. The van der Waals surface area contributed by atoms with Gasteiger partial charge in [0, 0.05) is 20.2 Å². The monoisotopic (exact) mass is 234 g/mol. The smallest absolute Gasteiger partial charge is 0.0930 e. The molecule has 5 nitrogen and oxygen atoms in total. The van der Waals surface area contributed by atoms with E-state index in [0.29, 0.717) is 19.8 Å². The first-order chi connectivity index (χ1) is 7.45. The third-order valence-electron chi connectivity index (χ3n) is 2.09. The van der Waals surface area contributed by atoms with Gasteiger partial charge < -0.3 is 24.4 Å². The lowest BCUT2D eigenvalue weighted by molar-refractivity contribution is -0.0340. The van der Waals surface area contributed by atoms with Gasteiger partial charge in [-0.05, 0) is 28.2 Å². The van der Waals surface area contributed by atoms with Gasteiger partial charge in [0.25, 0.3) is 0 Å². The number of aliphatic hydroxyl groups excluding tert-OH is 1. The van der Waals surface area contributed by atoms with Gasteiger partial charge in [-0.15, -0.1) is 0 Å². The Hall–Kier alpha value is -0.200. The van der Waals surface area contributed by atoms with Gasteiger partial charge in [0.05, 0.1) is 25.4 Å². The fourth-order valence-corrected chi connectivity index (χ4v) is 1.41. The van der Waals surface area contributed by atoms with Crippen molar-refractivity contribution in [3.05, 3.63) is 0 Å². The summed E-state index contributed by atoms with van der Waals surface area (Å²) in [5.41, 5.74) is 0. The zero-order valence-electron chi connectivity index (χ0n) is 11.1. The second-order valence-electron chi connectivity index (χ2n) is 4.57. The van der Waals surface area contributed by atoms with Gasteiger partial charge in [-0.2, -0.15) is 0 Å². The van der Waals surface area contributed by atoms with Crippen LogP contribution in [0.3, 0.4) is 0 Å². The summed E-state index contributed by atoms with van der Waals surface area (Å²) in [6, 6.07) is 0. The number of nitrogens with zero attached hydrogens (tertiary/aromatic N) is 2. The number of hydrogen-bond donors (Lipinski definition) is 1. The van der Waals surface area contributed by atoms with Gasteiger partial charge >= 0.3 is 0 Å². The van der Waals surface area contributed by atoms with Crippen LogP contribution >= 0.6 is 0 Å². The van der Waals surface area contributed by atoms with E-state index in [2.05, 4.69) is 0 Å². The maximum Gasteiger partial charge on any atom is 0.0930 e. The van der Waals surface area contributed by atoms with Gasteiger partial charge in [0.15, 0.2) is 0 Å². The van der Waals surface area contributed by atoms with Crippen molar-refractivity contribution >= 4 is 0 Å². The van der Waals surface area contributed by atoms with E-state index in [1.165, 1.54) is 0 Å². The second kappa shape index (κ2) is 8.90. The minimum atomic E-state index is -0.438. The van der Waals surface area contributed by atoms with Crippen molar-refractivity contribution in [2.24, 2.45) is 0 Å². The number of ether oxygens (including phenoxy) is 2. The molecular weight excluding hydrogens is 208 g/mol. The molecule has 0 aromatic rings. The predicted molar refractivity (Wildman–Crippen MR) is 64.7 cm³/mol. The Morgan fingerprint density at radius 2 is 1.56 bits per heavy atom. The van der Waals surface area contributed by atoms with E-state index in [1.54, 1.807) is 7.11 Å². The molecule has 0 saturated carbocycles. The fourth-order valence-electron chi connectivity index (χ4n) is 1.41. The molecule has 2 unspecified atom stereocenters. The Labute approximate surface area is 98.9 Å². The van der Waals surface area contributed by atoms with E-state index in [9.17, 15) is 5.11 Å². The molecule has 0 aromatic heterocycles. The first-order valence-corrected chi connectivity index (χ1v) is 5.53. The Morgan fingerprint density at radius 3 is 2.00 bits per heavy atom. The molecule has 16 heavy (non-hydrogen) atoms. The van der Waals surface area contributed by atoms with Crippen molar-refractivity contribution in [1.29, 1.82) is 0 Å².